The average molecular weight is 352 g/mol. The number of fused-ring (bicyclic) bond motifs is 1. The maximum Gasteiger partial charge on any atom is 0.115 e. The molecule has 1 N–H and O–H groups in total. The lowest BCUT2D eigenvalue weighted by molar-refractivity contribution is 0.475. The number of nitrogens with zero attached hydrogens (tertiary/aromatic N) is 1. The second kappa shape index (κ2) is 7.75. The molecule has 0 bridgehead atoms. The first-order chi connectivity index (χ1) is 12.2. The summed E-state index contributed by atoms with van der Waals surface area (Å²) in [4.78, 5) is 3.77. The fourth-order valence-electron chi connectivity index (χ4n) is 3.30. The van der Waals surface area contributed by atoms with Gasteiger partial charge in [-0.25, -0.2) is 0 Å². The molecule has 3 heteroatoms. The molecule has 2 heterocycles. The van der Waals surface area contributed by atoms with Crippen LogP contribution in [0.25, 0.3) is 5.57 Å². The molecular formula is C22H25NOS. The van der Waals surface area contributed by atoms with Gasteiger partial charge in [-0.2, -0.15) is 0 Å². The van der Waals surface area contributed by atoms with Crippen LogP contribution < -0.4 is 4.90 Å². The minimum Gasteiger partial charge on any atom is -0.508 e. The van der Waals surface area contributed by atoms with Crippen LogP contribution in [0.15, 0.2) is 60.7 Å². The van der Waals surface area contributed by atoms with Crippen molar-refractivity contribution in [2.45, 2.75) is 26.7 Å². The molecule has 0 fully saturated rings. The van der Waals surface area contributed by atoms with Crippen LogP contribution in [-0.2, 0) is 0 Å². The number of thiophene rings is 1. The van der Waals surface area contributed by atoms with Crippen molar-refractivity contribution in [1.29, 1.82) is 0 Å². The van der Waals surface area contributed by atoms with Gasteiger partial charge in [0, 0.05) is 23.9 Å². The Bertz CT molecular complexity index is 811. The highest BCUT2D eigenvalue weighted by atomic mass is 32.1. The number of rotatable bonds is 5. The molecular weight excluding hydrogens is 326 g/mol. The van der Waals surface area contributed by atoms with E-state index in [1.54, 1.807) is 12.1 Å². The molecule has 0 aliphatic carbocycles. The van der Waals surface area contributed by atoms with Crippen molar-refractivity contribution in [1.82, 2.24) is 0 Å². The van der Waals surface area contributed by atoms with Gasteiger partial charge in [0.1, 0.15) is 5.75 Å². The van der Waals surface area contributed by atoms with Crippen LogP contribution in [-0.4, -0.2) is 18.2 Å². The van der Waals surface area contributed by atoms with Gasteiger partial charge in [0.25, 0.3) is 0 Å². The molecule has 0 radical (unpaired) electrons. The number of hydrogen-bond acceptors (Lipinski definition) is 3. The standard InChI is InChI=1S/C22H25NOS/c1-4-7-9-17(8-5-2)21-14-19-20(15-23(6-3)22(19)25-21)16-10-12-18(24)13-11-16/h4-5,7-14,20,24H,6,15H2,1-3H3/b7-4-,8-5-,17-9+. The highest BCUT2D eigenvalue weighted by molar-refractivity contribution is 7.17. The van der Waals surface area contributed by atoms with Crippen molar-refractivity contribution in [3.8, 4) is 5.75 Å². The van der Waals surface area contributed by atoms with Gasteiger partial charge < -0.3 is 10.0 Å². The number of likely N-dealkylation sites (N-methyl/N-ethyl adjacent to an activating group) is 1. The Balaban J connectivity index is 2.03. The molecule has 25 heavy (non-hydrogen) atoms. The maximum absolute atomic E-state index is 9.58. The number of allylic oxidation sites excluding steroid dienone is 6. The Morgan fingerprint density at radius 3 is 2.64 bits per heavy atom. The fourth-order valence-corrected chi connectivity index (χ4v) is 4.60. The van der Waals surface area contributed by atoms with E-state index in [1.165, 1.54) is 26.6 Å². The van der Waals surface area contributed by atoms with Gasteiger partial charge in [0.2, 0.25) is 0 Å². The SMILES string of the molecule is C\C=C/C=C(\C=C/C)c1cc2c(s1)N(CC)CC2c1ccc(O)cc1. The third-order valence-electron chi connectivity index (χ3n) is 4.58. The van der Waals surface area contributed by atoms with Crippen molar-refractivity contribution in [2.24, 2.45) is 0 Å². The van der Waals surface area contributed by atoms with E-state index in [0.717, 1.165) is 13.1 Å². The van der Waals surface area contributed by atoms with Crippen LogP contribution in [0.1, 0.15) is 42.7 Å². The zero-order valence-corrected chi connectivity index (χ0v) is 15.9. The van der Waals surface area contributed by atoms with Gasteiger partial charge in [-0.1, -0.05) is 42.5 Å². The van der Waals surface area contributed by atoms with E-state index in [0.29, 0.717) is 11.7 Å². The third kappa shape index (κ3) is 3.57. The number of anilines is 1. The first-order valence-corrected chi connectivity index (χ1v) is 9.63. The summed E-state index contributed by atoms with van der Waals surface area (Å²) in [5.41, 5.74) is 3.92. The number of benzene rings is 1. The normalized spacial score (nSPS) is 17.8. The maximum atomic E-state index is 9.58. The van der Waals surface area contributed by atoms with E-state index in [-0.39, 0.29) is 0 Å². The summed E-state index contributed by atoms with van der Waals surface area (Å²) in [5.74, 6) is 0.694. The number of hydrogen-bond donors (Lipinski definition) is 1. The molecule has 1 aromatic heterocycles. The van der Waals surface area contributed by atoms with E-state index in [2.05, 4.69) is 55.2 Å². The predicted molar refractivity (Wildman–Crippen MR) is 110 cm³/mol. The first-order valence-electron chi connectivity index (χ1n) is 8.81. The van der Waals surface area contributed by atoms with E-state index in [4.69, 9.17) is 0 Å². The van der Waals surface area contributed by atoms with Gasteiger partial charge in [0.15, 0.2) is 0 Å². The Morgan fingerprint density at radius 1 is 1.24 bits per heavy atom. The highest BCUT2D eigenvalue weighted by Gasteiger charge is 2.31. The zero-order chi connectivity index (χ0) is 17.8. The molecule has 1 aliphatic heterocycles. The Kier molecular flexibility index (Phi) is 5.44. The van der Waals surface area contributed by atoms with E-state index in [1.807, 2.05) is 30.4 Å². The Hall–Kier alpha value is -2.26. The summed E-state index contributed by atoms with van der Waals surface area (Å²) in [7, 11) is 0. The summed E-state index contributed by atoms with van der Waals surface area (Å²) in [6, 6.07) is 10.0. The lowest BCUT2D eigenvalue weighted by atomic mass is 9.94. The van der Waals surface area contributed by atoms with Crippen molar-refractivity contribution in [3.05, 3.63) is 76.7 Å². The van der Waals surface area contributed by atoms with Crippen LogP contribution in [0.3, 0.4) is 0 Å². The molecule has 0 amide bonds. The van der Waals surface area contributed by atoms with Gasteiger partial charge >= 0.3 is 0 Å². The van der Waals surface area contributed by atoms with Crippen LogP contribution in [0.2, 0.25) is 0 Å². The summed E-state index contributed by atoms with van der Waals surface area (Å²) in [5, 5.41) is 11.0. The molecule has 130 valence electrons. The Morgan fingerprint density at radius 2 is 2.00 bits per heavy atom. The molecule has 3 rings (SSSR count). The molecule has 0 saturated carbocycles. The monoisotopic (exact) mass is 351 g/mol. The molecule has 1 atom stereocenters. The molecule has 2 nitrogen and oxygen atoms in total. The minimum atomic E-state index is 0.324. The van der Waals surface area contributed by atoms with E-state index in [9.17, 15) is 5.11 Å². The summed E-state index contributed by atoms with van der Waals surface area (Å²) in [6.45, 7) is 8.34. The first kappa shape index (κ1) is 17.6. The van der Waals surface area contributed by atoms with Gasteiger partial charge in [0.05, 0.1) is 5.00 Å². The summed E-state index contributed by atoms with van der Waals surface area (Å²) in [6.07, 6.45) is 10.6. The quantitative estimate of drug-likeness (QED) is 0.672. The summed E-state index contributed by atoms with van der Waals surface area (Å²) >= 11 is 1.88. The highest BCUT2D eigenvalue weighted by Crippen LogP contribution is 2.47. The molecule has 0 spiro atoms. The Labute approximate surface area is 154 Å². The summed E-state index contributed by atoms with van der Waals surface area (Å²) < 4.78 is 0. The molecule has 1 aliphatic rings. The lowest BCUT2D eigenvalue weighted by Gasteiger charge is -2.17. The molecule has 1 aromatic carbocycles. The smallest absolute Gasteiger partial charge is 0.115 e. The number of phenols is 1. The third-order valence-corrected chi connectivity index (χ3v) is 5.84. The van der Waals surface area contributed by atoms with Gasteiger partial charge in [-0.3, -0.25) is 0 Å². The molecule has 2 aromatic rings. The van der Waals surface area contributed by atoms with Crippen LogP contribution >= 0.6 is 11.3 Å². The van der Waals surface area contributed by atoms with Crippen LogP contribution in [0, 0.1) is 0 Å². The topological polar surface area (TPSA) is 23.5 Å². The number of aromatic hydroxyl groups is 1. The predicted octanol–water partition coefficient (Wildman–Crippen LogP) is 5.96. The van der Waals surface area contributed by atoms with Gasteiger partial charge in [-0.05, 0) is 55.7 Å². The second-order valence-corrected chi connectivity index (χ2v) is 7.23. The average Bonchev–Trinajstić information content (AvgIpc) is 3.18. The zero-order valence-electron chi connectivity index (χ0n) is 15.1. The molecule has 0 saturated heterocycles. The van der Waals surface area contributed by atoms with Crippen molar-refractivity contribution >= 4 is 21.9 Å². The van der Waals surface area contributed by atoms with Crippen LogP contribution in [0.4, 0.5) is 5.00 Å². The molecule has 1 unspecified atom stereocenters. The minimum absolute atomic E-state index is 0.324. The van der Waals surface area contributed by atoms with Gasteiger partial charge in [-0.15, -0.1) is 11.3 Å². The largest absolute Gasteiger partial charge is 0.508 e. The van der Waals surface area contributed by atoms with Crippen LogP contribution in [0.5, 0.6) is 5.75 Å². The van der Waals surface area contributed by atoms with Crippen molar-refractivity contribution in [2.75, 3.05) is 18.0 Å². The van der Waals surface area contributed by atoms with Crippen molar-refractivity contribution in [3.63, 3.8) is 0 Å². The van der Waals surface area contributed by atoms with Crippen molar-refractivity contribution < 1.29 is 5.11 Å². The lowest BCUT2D eigenvalue weighted by Crippen LogP contribution is -2.21. The van der Waals surface area contributed by atoms with E-state index < -0.39 is 0 Å². The second-order valence-electron chi connectivity index (χ2n) is 6.20. The fraction of sp³-hybridized carbons (Fsp3) is 0.273. The number of phenolic OH excluding ortho intramolecular Hbond substituents is 1. The van der Waals surface area contributed by atoms with E-state index >= 15 is 0 Å².